The topological polar surface area (TPSA) is 12.5 Å². The molecule has 4 rings (SSSR count). The lowest BCUT2D eigenvalue weighted by Crippen LogP contribution is -2.29. The molecule has 1 atom stereocenters. The van der Waals surface area contributed by atoms with Crippen LogP contribution in [0.15, 0.2) is 78.9 Å². The quantitative estimate of drug-likeness (QED) is 0.570. The summed E-state index contributed by atoms with van der Waals surface area (Å²) < 4.78 is 18.6. The summed E-state index contributed by atoms with van der Waals surface area (Å²) in [6.07, 6.45) is 5.26. The van der Waals surface area contributed by atoms with Gasteiger partial charge in [-0.1, -0.05) is 60.7 Å². The second-order valence-corrected chi connectivity index (χ2v) is 7.49. The molecule has 3 aromatic rings. The second-order valence-electron chi connectivity index (χ2n) is 7.49. The average molecular weight is 387 g/mol. The van der Waals surface area contributed by atoms with E-state index in [1.54, 1.807) is 7.11 Å². The van der Waals surface area contributed by atoms with Gasteiger partial charge < -0.3 is 4.74 Å². The van der Waals surface area contributed by atoms with Crippen LogP contribution in [0, 0.1) is 5.82 Å². The van der Waals surface area contributed by atoms with Crippen LogP contribution in [-0.2, 0) is 6.42 Å². The number of nitrogens with zero attached hydrogens (tertiary/aromatic N) is 1. The van der Waals surface area contributed by atoms with E-state index in [0.29, 0.717) is 5.92 Å². The minimum absolute atomic E-state index is 0.200. The van der Waals surface area contributed by atoms with E-state index in [9.17, 15) is 4.39 Å². The first-order valence-electron chi connectivity index (χ1n) is 10.1. The lowest BCUT2D eigenvalue weighted by atomic mass is 9.88. The Morgan fingerprint density at radius 1 is 1.03 bits per heavy atom. The molecule has 148 valence electrons. The van der Waals surface area contributed by atoms with Gasteiger partial charge in [0.05, 0.1) is 7.11 Å². The van der Waals surface area contributed by atoms with Crippen LogP contribution in [0.4, 0.5) is 4.39 Å². The average Bonchev–Trinajstić information content (AvgIpc) is 2.95. The molecular formula is C26H26FNO. The predicted octanol–water partition coefficient (Wildman–Crippen LogP) is 5.54. The van der Waals surface area contributed by atoms with Crippen LogP contribution in [0.3, 0.4) is 0 Å². The first-order valence-corrected chi connectivity index (χ1v) is 10.1. The number of methoxy groups -OCH3 is 1. The molecule has 1 heterocycles. The fourth-order valence-corrected chi connectivity index (χ4v) is 4.03. The first kappa shape index (κ1) is 19.4. The van der Waals surface area contributed by atoms with E-state index in [1.165, 1.54) is 28.8 Å². The van der Waals surface area contributed by atoms with E-state index in [1.807, 2.05) is 12.1 Å². The van der Waals surface area contributed by atoms with Gasteiger partial charge in [0.15, 0.2) is 0 Å². The lowest BCUT2D eigenvalue weighted by molar-refractivity contribution is 0.306. The molecule has 0 N–H and O–H groups in total. The van der Waals surface area contributed by atoms with Gasteiger partial charge in [0, 0.05) is 25.6 Å². The van der Waals surface area contributed by atoms with Gasteiger partial charge in [0.25, 0.3) is 0 Å². The van der Waals surface area contributed by atoms with Gasteiger partial charge in [0.2, 0.25) is 0 Å². The lowest BCUT2D eigenvalue weighted by Gasteiger charge is -2.24. The van der Waals surface area contributed by atoms with Crippen molar-refractivity contribution in [3.63, 3.8) is 0 Å². The Hall–Kier alpha value is -2.91. The highest BCUT2D eigenvalue weighted by Gasteiger charge is 2.24. The summed E-state index contributed by atoms with van der Waals surface area (Å²) in [7, 11) is 1.72. The normalized spacial score (nSPS) is 17.1. The van der Waals surface area contributed by atoms with E-state index in [0.717, 1.165) is 37.4 Å². The Labute approximate surface area is 172 Å². The molecule has 0 spiro atoms. The molecule has 0 bridgehead atoms. The van der Waals surface area contributed by atoms with Gasteiger partial charge in [-0.15, -0.1) is 0 Å². The van der Waals surface area contributed by atoms with Crippen molar-refractivity contribution in [3.05, 3.63) is 107 Å². The van der Waals surface area contributed by atoms with Crippen LogP contribution in [-0.4, -0.2) is 31.6 Å². The van der Waals surface area contributed by atoms with Crippen LogP contribution < -0.4 is 4.74 Å². The zero-order chi connectivity index (χ0) is 20.1. The highest BCUT2D eigenvalue weighted by molar-refractivity contribution is 5.49. The van der Waals surface area contributed by atoms with E-state index < -0.39 is 0 Å². The van der Waals surface area contributed by atoms with E-state index in [2.05, 4.69) is 65.6 Å². The number of hydrogen-bond donors (Lipinski definition) is 0. The Morgan fingerprint density at radius 3 is 2.59 bits per heavy atom. The Kier molecular flexibility index (Phi) is 6.06. The third-order valence-corrected chi connectivity index (χ3v) is 5.61. The summed E-state index contributed by atoms with van der Waals surface area (Å²) in [4.78, 5) is 2.49. The molecule has 3 heteroatoms. The molecule has 0 fully saturated rings. The minimum Gasteiger partial charge on any atom is -0.497 e. The number of benzene rings is 3. The van der Waals surface area contributed by atoms with Crippen molar-refractivity contribution < 1.29 is 9.13 Å². The van der Waals surface area contributed by atoms with Crippen molar-refractivity contribution >= 4 is 6.08 Å². The Morgan fingerprint density at radius 2 is 1.83 bits per heavy atom. The summed E-state index contributed by atoms with van der Waals surface area (Å²) >= 11 is 0. The maximum absolute atomic E-state index is 13.1. The number of fused-ring (bicyclic) bond motifs is 1. The maximum atomic E-state index is 13.1. The van der Waals surface area contributed by atoms with E-state index in [-0.39, 0.29) is 5.82 Å². The van der Waals surface area contributed by atoms with Gasteiger partial charge >= 0.3 is 0 Å². The Bertz CT molecular complexity index is 966. The largest absolute Gasteiger partial charge is 0.497 e. The molecule has 0 saturated heterocycles. The highest BCUT2D eigenvalue weighted by Crippen LogP contribution is 2.33. The summed E-state index contributed by atoms with van der Waals surface area (Å²) in [6, 6.07) is 23.8. The highest BCUT2D eigenvalue weighted by atomic mass is 19.1. The van der Waals surface area contributed by atoms with Crippen molar-refractivity contribution in [2.24, 2.45) is 0 Å². The van der Waals surface area contributed by atoms with Crippen molar-refractivity contribution in [1.29, 1.82) is 0 Å². The first-order chi connectivity index (χ1) is 14.2. The molecule has 0 radical (unpaired) electrons. The van der Waals surface area contributed by atoms with Crippen molar-refractivity contribution in [2.75, 3.05) is 26.7 Å². The van der Waals surface area contributed by atoms with Gasteiger partial charge in [-0.25, -0.2) is 4.39 Å². The standard InChI is InChI=1S/C26H26FNO/c1-29-24-14-11-22-15-17-28(16-5-6-20-9-12-23(27)13-10-20)19-26(25(22)18-24)21-7-3-2-4-8-21/h2-14,18,26H,15-17,19H2,1H3/b6-5+. The van der Waals surface area contributed by atoms with Gasteiger partial charge in [-0.2, -0.15) is 0 Å². The van der Waals surface area contributed by atoms with Gasteiger partial charge in [0.1, 0.15) is 11.6 Å². The van der Waals surface area contributed by atoms with Crippen LogP contribution in [0.25, 0.3) is 6.08 Å². The molecule has 0 amide bonds. The zero-order valence-electron chi connectivity index (χ0n) is 16.7. The molecule has 3 aromatic carbocycles. The number of ether oxygens (including phenoxy) is 1. The van der Waals surface area contributed by atoms with Crippen LogP contribution in [0.1, 0.15) is 28.2 Å². The molecule has 0 saturated carbocycles. The van der Waals surface area contributed by atoms with Crippen molar-refractivity contribution in [1.82, 2.24) is 4.90 Å². The van der Waals surface area contributed by atoms with Gasteiger partial charge in [-0.05, 0) is 52.9 Å². The fourth-order valence-electron chi connectivity index (χ4n) is 4.03. The molecule has 0 aromatic heterocycles. The fraction of sp³-hybridized carbons (Fsp3) is 0.231. The van der Waals surface area contributed by atoms with Crippen LogP contribution >= 0.6 is 0 Å². The van der Waals surface area contributed by atoms with E-state index >= 15 is 0 Å². The maximum Gasteiger partial charge on any atom is 0.123 e. The van der Waals surface area contributed by atoms with Crippen molar-refractivity contribution in [2.45, 2.75) is 12.3 Å². The Balaban J connectivity index is 1.57. The second kappa shape index (κ2) is 9.06. The summed E-state index contributed by atoms with van der Waals surface area (Å²) in [5.41, 5.74) is 5.11. The molecule has 1 aliphatic rings. The van der Waals surface area contributed by atoms with E-state index in [4.69, 9.17) is 4.74 Å². The minimum atomic E-state index is -0.200. The number of hydrogen-bond acceptors (Lipinski definition) is 2. The van der Waals surface area contributed by atoms with Crippen LogP contribution in [0.2, 0.25) is 0 Å². The SMILES string of the molecule is COc1ccc2c(c1)C(c1ccccc1)CN(C/C=C/c1ccc(F)cc1)CC2. The third kappa shape index (κ3) is 4.75. The van der Waals surface area contributed by atoms with Crippen LogP contribution in [0.5, 0.6) is 5.75 Å². The zero-order valence-corrected chi connectivity index (χ0v) is 16.7. The summed E-state index contributed by atoms with van der Waals surface area (Å²) in [6.45, 7) is 2.83. The molecule has 2 nitrogen and oxygen atoms in total. The molecule has 29 heavy (non-hydrogen) atoms. The molecule has 0 aliphatic carbocycles. The smallest absolute Gasteiger partial charge is 0.123 e. The van der Waals surface area contributed by atoms with Gasteiger partial charge in [-0.3, -0.25) is 4.90 Å². The summed E-state index contributed by atoms with van der Waals surface area (Å²) in [5, 5.41) is 0. The molecular weight excluding hydrogens is 361 g/mol. The summed E-state index contributed by atoms with van der Waals surface area (Å²) in [5.74, 6) is 1.02. The molecule has 1 unspecified atom stereocenters. The monoisotopic (exact) mass is 387 g/mol. The molecule has 1 aliphatic heterocycles. The number of rotatable bonds is 5. The third-order valence-electron chi connectivity index (χ3n) is 5.61. The number of halogens is 1. The predicted molar refractivity (Wildman–Crippen MR) is 117 cm³/mol. The van der Waals surface area contributed by atoms with Crippen molar-refractivity contribution in [3.8, 4) is 5.75 Å².